The maximum Gasteiger partial charge on any atom is 0.159 e. The first-order valence-electron chi connectivity index (χ1n) is 5.06. The lowest BCUT2D eigenvalue weighted by atomic mass is 9.94. The van der Waals surface area contributed by atoms with Crippen molar-refractivity contribution >= 4 is 5.78 Å². The summed E-state index contributed by atoms with van der Waals surface area (Å²) < 4.78 is 5.42. The van der Waals surface area contributed by atoms with Crippen LogP contribution in [0, 0.1) is 5.92 Å². The average molecular weight is 220 g/mol. The van der Waals surface area contributed by atoms with Crippen molar-refractivity contribution in [3.05, 3.63) is 48.5 Å². The van der Waals surface area contributed by atoms with Crippen LogP contribution in [0.5, 0.6) is 0 Å². The quantitative estimate of drug-likeness (QED) is 0.585. The van der Waals surface area contributed by atoms with E-state index in [9.17, 15) is 4.79 Å². The molecule has 0 bridgehead atoms. The van der Waals surface area contributed by atoms with Gasteiger partial charge in [-0.3, -0.25) is 4.79 Å². The van der Waals surface area contributed by atoms with Gasteiger partial charge < -0.3 is 9.84 Å². The number of aliphatic hydroxyl groups is 1. The van der Waals surface area contributed by atoms with Gasteiger partial charge in [0.1, 0.15) is 11.9 Å². The lowest BCUT2D eigenvalue weighted by molar-refractivity contribution is -0.113. The number of ketones is 1. The number of carbonyl (C=O) groups is 1. The van der Waals surface area contributed by atoms with Crippen LogP contribution < -0.4 is 0 Å². The van der Waals surface area contributed by atoms with Crippen molar-refractivity contribution in [3.63, 3.8) is 0 Å². The summed E-state index contributed by atoms with van der Waals surface area (Å²) in [7, 11) is 0. The van der Waals surface area contributed by atoms with Gasteiger partial charge in [0.05, 0.1) is 0 Å². The zero-order chi connectivity index (χ0) is 12.3. The number of hydrogen-bond acceptors (Lipinski definition) is 3. The number of rotatable bonds is 4. The molecule has 1 rings (SSSR count). The molecule has 0 saturated heterocycles. The minimum absolute atomic E-state index is 0.00909. The van der Waals surface area contributed by atoms with Crippen molar-refractivity contribution in [3.8, 4) is 0 Å². The summed E-state index contributed by atoms with van der Waals surface area (Å²) in [5, 5.41) is 9.09. The van der Waals surface area contributed by atoms with Crippen LogP contribution in [-0.2, 0) is 9.53 Å². The Kier molecular flexibility index (Phi) is 3.72. The van der Waals surface area contributed by atoms with Gasteiger partial charge in [0.15, 0.2) is 11.5 Å². The van der Waals surface area contributed by atoms with E-state index in [-0.39, 0.29) is 29.3 Å². The van der Waals surface area contributed by atoms with Gasteiger partial charge >= 0.3 is 0 Å². The van der Waals surface area contributed by atoms with E-state index in [1.807, 2.05) is 13.0 Å². The summed E-state index contributed by atoms with van der Waals surface area (Å²) in [6, 6.07) is 0. The van der Waals surface area contributed by atoms with E-state index in [2.05, 4.69) is 13.2 Å². The second-order valence-corrected chi connectivity index (χ2v) is 3.85. The molecular weight excluding hydrogens is 204 g/mol. The van der Waals surface area contributed by atoms with Gasteiger partial charge in [-0.25, -0.2) is 0 Å². The Morgan fingerprint density at radius 3 is 2.62 bits per heavy atom. The smallest absolute Gasteiger partial charge is 0.159 e. The number of allylic oxidation sites excluding steroid dienone is 2. The molecule has 3 heteroatoms. The maximum absolute atomic E-state index is 11.2. The molecule has 0 aromatic rings. The van der Waals surface area contributed by atoms with Crippen molar-refractivity contribution in [2.45, 2.75) is 20.0 Å². The Balaban J connectivity index is 2.80. The highest BCUT2D eigenvalue weighted by Crippen LogP contribution is 2.23. The Bertz CT molecular complexity index is 388. The monoisotopic (exact) mass is 220 g/mol. The van der Waals surface area contributed by atoms with Crippen LogP contribution in [0.15, 0.2) is 48.5 Å². The van der Waals surface area contributed by atoms with Crippen LogP contribution in [0.3, 0.4) is 0 Å². The van der Waals surface area contributed by atoms with Crippen molar-refractivity contribution in [1.82, 2.24) is 0 Å². The second kappa shape index (κ2) is 4.84. The Morgan fingerprint density at radius 1 is 1.50 bits per heavy atom. The van der Waals surface area contributed by atoms with Crippen molar-refractivity contribution < 1.29 is 14.6 Å². The molecule has 1 aliphatic carbocycles. The van der Waals surface area contributed by atoms with Gasteiger partial charge in [-0.05, 0) is 13.0 Å². The second-order valence-electron chi connectivity index (χ2n) is 3.85. The number of carbonyl (C=O) groups excluding carboxylic acids is 1. The van der Waals surface area contributed by atoms with E-state index in [1.54, 1.807) is 12.2 Å². The molecule has 1 aliphatic rings. The number of hydrogen-bond donors (Lipinski definition) is 1. The minimum atomic E-state index is -0.291. The molecule has 3 nitrogen and oxygen atoms in total. The van der Waals surface area contributed by atoms with E-state index >= 15 is 0 Å². The van der Waals surface area contributed by atoms with Gasteiger partial charge in [0.2, 0.25) is 0 Å². The fraction of sp³-hybridized carbons (Fsp3) is 0.308. The molecule has 2 atom stereocenters. The van der Waals surface area contributed by atoms with E-state index < -0.39 is 0 Å². The summed E-state index contributed by atoms with van der Waals surface area (Å²) in [6.45, 7) is 10.3. The topological polar surface area (TPSA) is 46.5 Å². The first kappa shape index (κ1) is 12.3. The number of aliphatic hydroxyl groups excluding tert-OH is 1. The zero-order valence-corrected chi connectivity index (χ0v) is 9.56. The molecule has 86 valence electrons. The number of ether oxygens (including phenoxy) is 1. The summed E-state index contributed by atoms with van der Waals surface area (Å²) in [5.41, 5.74) is 0.611. The summed E-state index contributed by atoms with van der Waals surface area (Å²) >= 11 is 0. The third-order valence-corrected chi connectivity index (χ3v) is 2.45. The van der Waals surface area contributed by atoms with Crippen LogP contribution in [-0.4, -0.2) is 17.0 Å². The Morgan fingerprint density at radius 2 is 2.12 bits per heavy atom. The predicted octanol–water partition coefficient (Wildman–Crippen LogP) is 2.68. The van der Waals surface area contributed by atoms with Crippen molar-refractivity contribution in [2.75, 3.05) is 0 Å². The Labute approximate surface area is 95.4 Å². The molecule has 0 radical (unpaired) electrons. The lowest BCUT2D eigenvalue weighted by Gasteiger charge is -2.24. The lowest BCUT2D eigenvalue weighted by Crippen LogP contribution is -2.22. The largest absolute Gasteiger partial charge is 0.505 e. The van der Waals surface area contributed by atoms with Gasteiger partial charge in [0.25, 0.3) is 0 Å². The highest BCUT2D eigenvalue weighted by atomic mass is 16.5. The van der Waals surface area contributed by atoms with Gasteiger partial charge in [-0.15, -0.1) is 0 Å². The summed E-state index contributed by atoms with van der Waals surface area (Å²) in [5.74, 6) is 0.0511. The van der Waals surface area contributed by atoms with Gasteiger partial charge in [0, 0.05) is 11.5 Å². The van der Waals surface area contributed by atoms with E-state index in [1.165, 1.54) is 6.92 Å². The molecule has 1 N–H and O–H groups in total. The Hall–Kier alpha value is -1.77. The fourth-order valence-corrected chi connectivity index (χ4v) is 1.36. The van der Waals surface area contributed by atoms with Gasteiger partial charge in [-0.2, -0.15) is 0 Å². The molecule has 0 heterocycles. The normalized spacial score (nSPS) is 23.5. The van der Waals surface area contributed by atoms with Crippen LogP contribution >= 0.6 is 0 Å². The van der Waals surface area contributed by atoms with Crippen LogP contribution in [0.4, 0.5) is 0 Å². The average Bonchev–Trinajstić information content (AvgIpc) is 2.20. The molecule has 2 unspecified atom stereocenters. The van der Waals surface area contributed by atoms with Crippen molar-refractivity contribution in [2.24, 2.45) is 5.92 Å². The van der Waals surface area contributed by atoms with E-state index in [0.717, 1.165) is 0 Å². The van der Waals surface area contributed by atoms with Crippen molar-refractivity contribution in [1.29, 1.82) is 0 Å². The molecule has 0 amide bonds. The molecular formula is C13H16O3. The summed E-state index contributed by atoms with van der Waals surface area (Å²) in [6.07, 6.45) is 5.12. The molecule has 0 spiro atoms. The molecule has 0 saturated carbocycles. The van der Waals surface area contributed by atoms with Crippen LogP contribution in [0.1, 0.15) is 13.8 Å². The maximum atomic E-state index is 11.2. The van der Waals surface area contributed by atoms with Gasteiger partial charge in [-0.1, -0.05) is 32.2 Å². The number of Topliss-reactive ketones (excluding diaryl/α,β-unsaturated/α-hetero) is 1. The highest BCUT2D eigenvalue weighted by Gasteiger charge is 2.21. The minimum Gasteiger partial charge on any atom is -0.505 e. The highest BCUT2D eigenvalue weighted by molar-refractivity contribution is 5.96. The molecule has 0 aliphatic heterocycles. The SMILES string of the molecule is C=C(O)C(=C)OC1C=C(C(C)=O)C=CC1C. The third kappa shape index (κ3) is 2.86. The molecule has 16 heavy (non-hydrogen) atoms. The zero-order valence-electron chi connectivity index (χ0n) is 9.56. The standard InChI is InChI=1S/C13H16O3/c1-8-5-6-12(10(3)15)7-13(8)16-11(4)9(2)14/h5-8,13-14H,2,4H2,1,3H3. The van der Waals surface area contributed by atoms with E-state index in [4.69, 9.17) is 9.84 Å². The first-order chi connectivity index (χ1) is 7.41. The molecule has 0 aromatic carbocycles. The first-order valence-corrected chi connectivity index (χ1v) is 5.06. The predicted molar refractivity (Wildman–Crippen MR) is 62.8 cm³/mol. The van der Waals surface area contributed by atoms with E-state index in [0.29, 0.717) is 5.57 Å². The third-order valence-electron chi connectivity index (χ3n) is 2.45. The summed E-state index contributed by atoms with van der Waals surface area (Å²) in [4.78, 5) is 11.2. The molecule has 0 aromatic heterocycles. The van der Waals surface area contributed by atoms with Crippen LogP contribution in [0.25, 0.3) is 0 Å². The fourth-order valence-electron chi connectivity index (χ4n) is 1.36. The molecule has 0 fully saturated rings. The van der Waals surface area contributed by atoms with Crippen LogP contribution in [0.2, 0.25) is 0 Å².